The van der Waals surface area contributed by atoms with Crippen LogP contribution in [0.2, 0.25) is 0 Å². The number of carboxylic acids is 1. The zero-order valence-corrected chi connectivity index (χ0v) is 15.6. The number of nitrogens with one attached hydrogen (secondary N) is 3. The average Bonchev–Trinajstić information content (AvgIpc) is 2.61. The van der Waals surface area contributed by atoms with Gasteiger partial charge < -0.3 is 37.6 Å². The molecule has 12 nitrogen and oxygen atoms in total. The summed E-state index contributed by atoms with van der Waals surface area (Å²) in [7, 11) is 0. The van der Waals surface area contributed by atoms with Crippen LogP contribution in [-0.2, 0) is 24.0 Å². The maximum atomic E-state index is 12.4. The molecule has 0 saturated heterocycles. The highest BCUT2D eigenvalue weighted by Gasteiger charge is 2.30. The van der Waals surface area contributed by atoms with Crippen LogP contribution in [0.15, 0.2) is 0 Å². The summed E-state index contributed by atoms with van der Waals surface area (Å²) >= 11 is 1.42. The molecule has 154 valence electrons. The number of carbonyl (C=O) groups excluding carboxylic acids is 4. The van der Waals surface area contributed by atoms with Crippen molar-refractivity contribution >= 4 is 41.4 Å². The number of nitrogens with two attached hydrogens (primary N) is 2. The fourth-order valence-electron chi connectivity index (χ4n) is 1.90. The van der Waals surface area contributed by atoms with E-state index in [-0.39, 0.29) is 13.0 Å². The van der Waals surface area contributed by atoms with E-state index in [9.17, 15) is 24.0 Å². The lowest BCUT2D eigenvalue weighted by Crippen LogP contribution is -2.57. The third-order valence-electron chi connectivity index (χ3n) is 3.28. The SMILES string of the molecule is CSCCC(NC(=O)CN)C(=O)NC(CC(N)=O)C(=O)NC(CO)C(=O)O. The molecule has 3 unspecified atom stereocenters. The standard InChI is InChI=1S/C14H25N5O7S/c1-27-3-2-7(17-11(22)5-15)12(23)18-8(4-10(16)21)13(24)19-9(6-20)14(25)26/h7-9,20H,2-6,15H2,1H3,(H2,16,21)(H,17,22)(H,18,23)(H,19,24)(H,25,26). The van der Waals surface area contributed by atoms with E-state index in [2.05, 4.69) is 10.6 Å². The van der Waals surface area contributed by atoms with Crippen molar-refractivity contribution in [2.75, 3.05) is 25.2 Å². The molecule has 0 rings (SSSR count). The number of primary amides is 1. The Kier molecular flexibility index (Phi) is 11.8. The average molecular weight is 407 g/mol. The van der Waals surface area contributed by atoms with Gasteiger partial charge in [0.25, 0.3) is 0 Å². The minimum atomic E-state index is -1.62. The van der Waals surface area contributed by atoms with Crippen LogP contribution in [0.1, 0.15) is 12.8 Å². The van der Waals surface area contributed by atoms with E-state index in [0.29, 0.717) is 5.75 Å². The van der Waals surface area contributed by atoms with Gasteiger partial charge in [0.15, 0.2) is 0 Å². The first-order valence-corrected chi connectivity index (χ1v) is 9.26. The topological polar surface area (TPSA) is 214 Å². The lowest BCUT2D eigenvalue weighted by Gasteiger charge is -2.23. The first-order chi connectivity index (χ1) is 12.7. The molecule has 0 aromatic carbocycles. The number of thioether (sulfide) groups is 1. The molecule has 4 amide bonds. The highest BCUT2D eigenvalue weighted by molar-refractivity contribution is 7.98. The quantitative estimate of drug-likeness (QED) is 0.159. The lowest BCUT2D eigenvalue weighted by atomic mass is 10.1. The van der Waals surface area contributed by atoms with Gasteiger partial charge in [0.2, 0.25) is 23.6 Å². The zero-order chi connectivity index (χ0) is 21.0. The second-order valence-corrected chi connectivity index (χ2v) is 6.40. The summed E-state index contributed by atoms with van der Waals surface area (Å²) in [6, 6.07) is -4.10. The summed E-state index contributed by atoms with van der Waals surface area (Å²) in [6.45, 7) is -1.23. The van der Waals surface area contributed by atoms with Gasteiger partial charge in [-0.2, -0.15) is 11.8 Å². The normalized spacial score (nSPS) is 13.7. The molecule has 0 aliphatic carbocycles. The molecule has 0 spiro atoms. The zero-order valence-electron chi connectivity index (χ0n) is 14.8. The van der Waals surface area contributed by atoms with Crippen molar-refractivity contribution in [1.29, 1.82) is 0 Å². The van der Waals surface area contributed by atoms with E-state index in [0.717, 1.165) is 0 Å². The molecule has 0 radical (unpaired) electrons. The van der Waals surface area contributed by atoms with Crippen LogP contribution in [0.5, 0.6) is 0 Å². The van der Waals surface area contributed by atoms with E-state index < -0.39 is 60.8 Å². The second-order valence-electron chi connectivity index (χ2n) is 5.42. The van der Waals surface area contributed by atoms with E-state index >= 15 is 0 Å². The van der Waals surface area contributed by atoms with E-state index in [4.69, 9.17) is 21.7 Å². The van der Waals surface area contributed by atoms with Crippen molar-refractivity contribution < 1.29 is 34.2 Å². The van der Waals surface area contributed by atoms with E-state index in [1.165, 1.54) is 11.8 Å². The van der Waals surface area contributed by atoms with Crippen LogP contribution in [0, 0.1) is 0 Å². The molecule has 13 heteroatoms. The fraction of sp³-hybridized carbons (Fsp3) is 0.643. The molecule has 0 fully saturated rings. The van der Waals surface area contributed by atoms with Gasteiger partial charge >= 0.3 is 5.97 Å². The van der Waals surface area contributed by atoms with Crippen molar-refractivity contribution in [3.8, 4) is 0 Å². The molecule has 0 aliphatic rings. The Hall–Kier alpha value is -2.38. The molecule has 0 aromatic rings. The third-order valence-corrected chi connectivity index (χ3v) is 3.93. The predicted molar refractivity (Wildman–Crippen MR) is 96.4 cm³/mol. The molecule has 0 aromatic heterocycles. The minimum Gasteiger partial charge on any atom is -0.480 e. The fourth-order valence-corrected chi connectivity index (χ4v) is 2.37. The summed E-state index contributed by atoms with van der Waals surface area (Å²) < 4.78 is 0. The maximum Gasteiger partial charge on any atom is 0.328 e. The van der Waals surface area contributed by atoms with Crippen molar-refractivity contribution in [2.24, 2.45) is 11.5 Å². The van der Waals surface area contributed by atoms with Gasteiger partial charge in [-0.15, -0.1) is 0 Å². The summed E-state index contributed by atoms with van der Waals surface area (Å²) in [6.07, 6.45) is 1.43. The Balaban J connectivity index is 5.23. The monoisotopic (exact) mass is 407 g/mol. The van der Waals surface area contributed by atoms with Crippen LogP contribution in [0.4, 0.5) is 0 Å². The first-order valence-electron chi connectivity index (χ1n) is 7.87. The van der Waals surface area contributed by atoms with Gasteiger partial charge in [0.05, 0.1) is 19.6 Å². The number of aliphatic hydroxyl groups is 1. The molecular weight excluding hydrogens is 382 g/mol. The highest BCUT2D eigenvalue weighted by atomic mass is 32.2. The predicted octanol–water partition coefficient (Wildman–Crippen LogP) is -3.90. The van der Waals surface area contributed by atoms with Crippen molar-refractivity contribution in [3.63, 3.8) is 0 Å². The van der Waals surface area contributed by atoms with E-state index in [1.807, 2.05) is 5.32 Å². The number of amides is 4. The van der Waals surface area contributed by atoms with Gasteiger partial charge in [-0.3, -0.25) is 19.2 Å². The number of hydrogen-bond donors (Lipinski definition) is 7. The molecule has 3 atom stereocenters. The van der Waals surface area contributed by atoms with Crippen molar-refractivity contribution in [3.05, 3.63) is 0 Å². The van der Waals surface area contributed by atoms with Crippen LogP contribution < -0.4 is 27.4 Å². The van der Waals surface area contributed by atoms with E-state index in [1.54, 1.807) is 6.26 Å². The Morgan fingerprint density at radius 2 is 1.56 bits per heavy atom. The Morgan fingerprint density at radius 3 is 2.00 bits per heavy atom. The molecule has 0 heterocycles. The van der Waals surface area contributed by atoms with Gasteiger partial charge in [-0.05, 0) is 18.4 Å². The minimum absolute atomic E-state index is 0.234. The largest absolute Gasteiger partial charge is 0.480 e. The number of rotatable bonds is 13. The van der Waals surface area contributed by atoms with Gasteiger partial charge in [-0.1, -0.05) is 0 Å². The lowest BCUT2D eigenvalue weighted by molar-refractivity contribution is -0.143. The molecule has 0 bridgehead atoms. The maximum absolute atomic E-state index is 12.4. The second kappa shape index (κ2) is 12.9. The van der Waals surface area contributed by atoms with Crippen molar-refractivity contribution in [2.45, 2.75) is 31.0 Å². The molecule has 0 saturated carbocycles. The molecule has 27 heavy (non-hydrogen) atoms. The number of carboxylic acid groups (broad SMARTS) is 1. The Bertz CT molecular complexity index is 560. The Morgan fingerprint density at radius 1 is 1.00 bits per heavy atom. The Labute approximate surface area is 159 Å². The van der Waals surface area contributed by atoms with Crippen LogP contribution in [0.3, 0.4) is 0 Å². The number of aliphatic hydroxyl groups excluding tert-OH is 1. The summed E-state index contributed by atoms with van der Waals surface area (Å²) in [4.78, 5) is 58.2. The van der Waals surface area contributed by atoms with Crippen LogP contribution in [0.25, 0.3) is 0 Å². The molecular formula is C14H25N5O7S. The summed E-state index contributed by atoms with van der Waals surface area (Å²) in [5.74, 6) is -4.26. The third kappa shape index (κ3) is 9.77. The first kappa shape index (κ1) is 24.6. The number of aliphatic carboxylic acids is 1. The van der Waals surface area contributed by atoms with Crippen LogP contribution >= 0.6 is 11.8 Å². The molecule has 9 N–H and O–H groups in total. The van der Waals surface area contributed by atoms with Crippen molar-refractivity contribution in [1.82, 2.24) is 16.0 Å². The van der Waals surface area contributed by atoms with Crippen LogP contribution in [-0.4, -0.2) is 83.1 Å². The highest BCUT2D eigenvalue weighted by Crippen LogP contribution is 2.03. The van der Waals surface area contributed by atoms with Gasteiger partial charge in [-0.25, -0.2) is 4.79 Å². The summed E-state index contributed by atoms with van der Waals surface area (Å²) in [5, 5.41) is 24.5. The molecule has 0 aliphatic heterocycles. The summed E-state index contributed by atoms with van der Waals surface area (Å²) in [5.41, 5.74) is 10.3. The van der Waals surface area contributed by atoms with Gasteiger partial charge in [0, 0.05) is 0 Å². The number of hydrogen-bond acceptors (Lipinski definition) is 8. The van der Waals surface area contributed by atoms with Gasteiger partial charge in [0.1, 0.15) is 18.1 Å². The number of carbonyl (C=O) groups is 5. The smallest absolute Gasteiger partial charge is 0.328 e.